The van der Waals surface area contributed by atoms with Crippen LogP contribution in [0.5, 0.6) is 0 Å². The van der Waals surface area contributed by atoms with Crippen molar-refractivity contribution < 1.29 is 9.53 Å². The van der Waals surface area contributed by atoms with E-state index < -0.39 is 5.60 Å². The molecule has 0 spiro atoms. The largest absolute Gasteiger partial charge is 0.444 e. The molecule has 5 heteroatoms. The van der Waals surface area contributed by atoms with Crippen molar-refractivity contribution in [3.05, 3.63) is 0 Å². The molecule has 112 valence electrons. The highest BCUT2D eigenvalue weighted by Crippen LogP contribution is 2.58. The number of ether oxygens (including phenoxy) is 1. The van der Waals surface area contributed by atoms with Gasteiger partial charge in [0.2, 0.25) is 0 Å². The van der Waals surface area contributed by atoms with Crippen LogP contribution in [0.25, 0.3) is 0 Å². The highest BCUT2D eigenvalue weighted by Gasteiger charge is 2.61. The number of hydrogen-bond acceptors (Lipinski definition) is 4. The minimum Gasteiger partial charge on any atom is -0.444 e. The molecule has 1 saturated heterocycles. The first kappa shape index (κ1) is 15.1. The van der Waals surface area contributed by atoms with E-state index in [4.69, 9.17) is 10.00 Å². The molecule has 0 N–H and O–H groups in total. The minimum atomic E-state index is -0.437. The lowest BCUT2D eigenvalue weighted by atomic mass is 10.1. The maximum absolute atomic E-state index is 12.1. The average molecular weight is 279 g/mol. The summed E-state index contributed by atoms with van der Waals surface area (Å²) in [6.07, 6.45) is 0.973. The van der Waals surface area contributed by atoms with Gasteiger partial charge in [0.05, 0.1) is 12.6 Å². The van der Waals surface area contributed by atoms with Crippen molar-refractivity contribution in [2.45, 2.75) is 39.7 Å². The Hall–Kier alpha value is -1.28. The Morgan fingerprint density at radius 2 is 2.25 bits per heavy atom. The fourth-order valence-corrected chi connectivity index (χ4v) is 3.13. The summed E-state index contributed by atoms with van der Waals surface area (Å²) in [6.45, 7) is 11.6. The molecular weight excluding hydrogens is 254 g/mol. The zero-order chi connectivity index (χ0) is 15.0. The van der Waals surface area contributed by atoms with E-state index in [0.717, 1.165) is 26.2 Å². The van der Waals surface area contributed by atoms with E-state index in [1.165, 1.54) is 6.42 Å². The summed E-state index contributed by atoms with van der Waals surface area (Å²) < 4.78 is 5.44. The van der Waals surface area contributed by atoms with Crippen molar-refractivity contribution in [2.75, 3.05) is 32.7 Å². The van der Waals surface area contributed by atoms with Crippen molar-refractivity contribution in [1.82, 2.24) is 9.80 Å². The zero-order valence-electron chi connectivity index (χ0n) is 13.0. The monoisotopic (exact) mass is 279 g/mol. The fraction of sp³-hybridized carbons (Fsp3) is 0.867. The minimum absolute atomic E-state index is 0.201. The highest BCUT2D eigenvalue weighted by molar-refractivity contribution is 5.69. The number of likely N-dealkylation sites (tertiary alicyclic amines) is 1. The van der Waals surface area contributed by atoms with Gasteiger partial charge in [-0.15, -0.1) is 0 Å². The van der Waals surface area contributed by atoms with E-state index in [0.29, 0.717) is 12.5 Å². The Labute approximate surface area is 121 Å². The summed E-state index contributed by atoms with van der Waals surface area (Å²) in [7, 11) is 0. The second kappa shape index (κ2) is 5.25. The molecular formula is C15H25N3O2. The molecule has 0 radical (unpaired) electrons. The van der Waals surface area contributed by atoms with Crippen molar-refractivity contribution in [1.29, 1.82) is 5.26 Å². The quantitative estimate of drug-likeness (QED) is 0.739. The summed E-state index contributed by atoms with van der Waals surface area (Å²) in [6, 6.07) is 2.21. The van der Waals surface area contributed by atoms with Crippen LogP contribution < -0.4 is 0 Å². The van der Waals surface area contributed by atoms with Crippen LogP contribution in [-0.4, -0.2) is 54.2 Å². The molecule has 5 nitrogen and oxygen atoms in total. The molecule has 2 atom stereocenters. The lowest BCUT2D eigenvalue weighted by molar-refractivity contribution is 0.0256. The van der Waals surface area contributed by atoms with Gasteiger partial charge in [0.1, 0.15) is 5.60 Å². The number of rotatable bonds is 4. The standard InChI is InChI=1S/C15H25N3O2/c1-5-17(7-6-16)10-15-8-12(15)9-18(11-15)13(19)20-14(2,3)4/h12H,5,7-11H2,1-4H3/t12-,15+/m1/s1. The maximum Gasteiger partial charge on any atom is 0.410 e. The third-order valence-corrected chi connectivity index (χ3v) is 4.24. The van der Waals surface area contributed by atoms with Gasteiger partial charge < -0.3 is 9.64 Å². The van der Waals surface area contributed by atoms with Crippen LogP contribution in [0.15, 0.2) is 0 Å². The molecule has 0 aromatic rings. The predicted molar refractivity (Wildman–Crippen MR) is 76.1 cm³/mol. The van der Waals surface area contributed by atoms with Crippen LogP contribution in [-0.2, 0) is 4.74 Å². The number of carbonyl (C=O) groups excluding carboxylic acids is 1. The van der Waals surface area contributed by atoms with Crippen LogP contribution in [0.1, 0.15) is 34.1 Å². The maximum atomic E-state index is 12.1. The van der Waals surface area contributed by atoms with Crippen LogP contribution in [0.4, 0.5) is 4.79 Å². The van der Waals surface area contributed by atoms with Gasteiger partial charge in [0, 0.05) is 25.0 Å². The summed E-state index contributed by atoms with van der Waals surface area (Å²) in [5.74, 6) is 0.586. The number of nitriles is 1. The molecule has 1 aliphatic carbocycles. The van der Waals surface area contributed by atoms with Gasteiger partial charge in [-0.05, 0) is 39.7 Å². The van der Waals surface area contributed by atoms with Crippen molar-refractivity contribution >= 4 is 6.09 Å². The van der Waals surface area contributed by atoms with Gasteiger partial charge in [0.15, 0.2) is 0 Å². The first-order valence-electron chi connectivity index (χ1n) is 7.37. The van der Waals surface area contributed by atoms with Gasteiger partial charge in [-0.3, -0.25) is 4.90 Å². The number of nitrogens with zero attached hydrogens (tertiary/aromatic N) is 3. The number of carbonyl (C=O) groups is 1. The molecule has 1 saturated carbocycles. The van der Waals surface area contributed by atoms with Crippen molar-refractivity contribution in [3.8, 4) is 6.07 Å². The molecule has 1 aliphatic heterocycles. The van der Waals surface area contributed by atoms with E-state index in [2.05, 4.69) is 17.9 Å². The molecule has 2 aliphatic rings. The smallest absolute Gasteiger partial charge is 0.410 e. The summed E-state index contributed by atoms with van der Waals surface area (Å²) in [5.41, 5.74) is -0.225. The Morgan fingerprint density at radius 3 is 2.80 bits per heavy atom. The van der Waals surface area contributed by atoms with Crippen LogP contribution in [0, 0.1) is 22.7 Å². The van der Waals surface area contributed by atoms with Crippen molar-refractivity contribution in [2.24, 2.45) is 11.3 Å². The van der Waals surface area contributed by atoms with Crippen LogP contribution >= 0.6 is 0 Å². The van der Waals surface area contributed by atoms with E-state index >= 15 is 0 Å². The highest BCUT2D eigenvalue weighted by atomic mass is 16.6. The molecule has 20 heavy (non-hydrogen) atoms. The van der Waals surface area contributed by atoms with Gasteiger partial charge in [-0.1, -0.05) is 6.92 Å². The SMILES string of the molecule is CCN(CC#N)C[C@]12C[C@@H]1CN(C(=O)OC(C)(C)C)C2. The van der Waals surface area contributed by atoms with Gasteiger partial charge >= 0.3 is 6.09 Å². The molecule has 0 bridgehead atoms. The molecule has 1 amide bonds. The third kappa shape index (κ3) is 3.24. The van der Waals surface area contributed by atoms with Gasteiger partial charge in [0.25, 0.3) is 0 Å². The normalized spacial score (nSPS) is 28.2. The van der Waals surface area contributed by atoms with E-state index in [1.807, 2.05) is 25.7 Å². The molecule has 1 heterocycles. The molecule has 0 unspecified atom stereocenters. The summed E-state index contributed by atoms with van der Waals surface area (Å²) in [4.78, 5) is 16.1. The average Bonchev–Trinajstić information content (AvgIpc) is 2.87. The molecule has 0 aromatic heterocycles. The number of piperidine rings is 1. The van der Waals surface area contributed by atoms with Crippen LogP contribution in [0.3, 0.4) is 0 Å². The van der Waals surface area contributed by atoms with Crippen LogP contribution in [0.2, 0.25) is 0 Å². The van der Waals surface area contributed by atoms with E-state index in [1.54, 1.807) is 0 Å². The number of fused-ring (bicyclic) bond motifs is 1. The Bertz CT molecular complexity index is 424. The van der Waals surface area contributed by atoms with Gasteiger partial charge in [-0.25, -0.2) is 4.79 Å². The first-order valence-corrected chi connectivity index (χ1v) is 7.37. The van der Waals surface area contributed by atoms with E-state index in [9.17, 15) is 4.79 Å². The van der Waals surface area contributed by atoms with Gasteiger partial charge in [-0.2, -0.15) is 5.26 Å². The molecule has 0 aromatic carbocycles. The van der Waals surface area contributed by atoms with Crippen molar-refractivity contribution in [3.63, 3.8) is 0 Å². The Kier molecular flexibility index (Phi) is 3.97. The second-order valence-electron chi connectivity index (χ2n) is 7.09. The number of amides is 1. The Morgan fingerprint density at radius 1 is 1.55 bits per heavy atom. The van der Waals surface area contributed by atoms with E-state index in [-0.39, 0.29) is 11.5 Å². The predicted octanol–water partition coefficient (Wildman–Crippen LogP) is 2.09. The Balaban J connectivity index is 1.90. The first-order chi connectivity index (χ1) is 9.29. The number of hydrogen-bond donors (Lipinski definition) is 0. The molecule has 2 fully saturated rings. The topological polar surface area (TPSA) is 56.6 Å². The third-order valence-electron chi connectivity index (χ3n) is 4.24. The second-order valence-corrected chi connectivity index (χ2v) is 7.09. The zero-order valence-corrected chi connectivity index (χ0v) is 13.0. The molecule has 2 rings (SSSR count). The lowest BCUT2D eigenvalue weighted by Gasteiger charge is -2.28. The summed E-state index contributed by atoms with van der Waals surface area (Å²) in [5, 5.41) is 8.83. The fourth-order valence-electron chi connectivity index (χ4n) is 3.13. The summed E-state index contributed by atoms with van der Waals surface area (Å²) >= 11 is 0. The lowest BCUT2D eigenvalue weighted by Crippen LogP contribution is -2.39.